The zero-order valence-electron chi connectivity index (χ0n) is 11.3. The second-order valence-corrected chi connectivity index (χ2v) is 4.22. The van der Waals surface area contributed by atoms with Gasteiger partial charge in [0.1, 0.15) is 0 Å². The van der Waals surface area contributed by atoms with Gasteiger partial charge >= 0.3 is 0 Å². The van der Waals surface area contributed by atoms with Crippen LogP contribution in [0, 0.1) is 0 Å². The Hall–Kier alpha value is -0.580. The monoisotopic (exact) mass is 244 g/mol. The highest BCUT2D eigenvalue weighted by atomic mass is 16.8. The first-order valence-electron chi connectivity index (χ1n) is 6.24. The highest BCUT2D eigenvalue weighted by Crippen LogP contribution is 2.36. The number of unbranched alkanes of at least 4 members (excludes halogenated alkanes) is 3. The topological polar surface area (TPSA) is 36.9 Å². The van der Waals surface area contributed by atoms with Crippen LogP contribution in [0.15, 0.2) is 11.8 Å². The van der Waals surface area contributed by atoms with E-state index in [1.54, 1.807) is 21.3 Å². The van der Waals surface area contributed by atoms with Crippen LogP contribution >= 0.6 is 0 Å². The van der Waals surface area contributed by atoms with Crippen LogP contribution in [0.3, 0.4) is 0 Å². The van der Waals surface area contributed by atoms with Crippen LogP contribution in [0.1, 0.15) is 39.0 Å². The molecule has 0 N–H and O–H groups in total. The number of ether oxygens (including phenoxy) is 4. The molecule has 0 radical (unpaired) electrons. The molecule has 0 saturated heterocycles. The van der Waals surface area contributed by atoms with Crippen molar-refractivity contribution in [2.75, 3.05) is 21.3 Å². The van der Waals surface area contributed by atoms with Crippen LogP contribution in [0.5, 0.6) is 0 Å². The molecule has 2 unspecified atom stereocenters. The molecule has 0 amide bonds. The van der Waals surface area contributed by atoms with E-state index in [0.717, 1.165) is 12.8 Å². The van der Waals surface area contributed by atoms with Gasteiger partial charge in [0.2, 0.25) is 5.79 Å². The number of rotatable bonds is 8. The summed E-state index contributed by atoms with van der Waals surface area (Å²) in [5.41, 5.74) is 0. The van der Waals surface area contributed by atoms with Gasteiger partial charge in [-0.05, 0) is 6.42 Å². The average molecular weight is 244 g/mol. The van der Waals surface area contributed by atoms with E-state index in [2.05, 4.69) is 6.92 Å². The minimum absolute atomic E-state index is 0.379. The third-order valence-corrected chi connectivity index (χ3v) is 3.11. The summed E-state index contributed by atoms with van der Waals surface area (Å²) in [4.78, 5) is 0. The molecule has 0 saturated carbocycles. The van der Waals surface area contributed by atoms with Crippen molar-refractivity contribution in [1.82, 2.24) is 0 Å². The lowest BCUT2D eigenvalue weighted by Crippen LogP contribution is -2.36. The van der Waals surface area contributed by atoms with Crippen molar-refractivity contribution in [3.05, 3.63) is 11.8 Å². The lowest BCUT2D eigenvalue weighted by molar-refractivity contribution is -0.260. The van der Waals surface area contributed by atoms with Crippen LogP contribution in [0.2, 0.25) is 0 Å². The van der Waals surface area contributed by atoms with Crippen molar-refractivity contribution in [1.29, 1.82) is 0 Å². The van der Waals surface area contributed by atoms with Gasteiger partial charge in [0.15, 0.2) is 12.0 Å². The molecular weight excluding hydrogens is 220 g/mol. The van der Waals surface area contributed by atoms with E-state index in [0.29, 0.717) is 5.76 Å². The molecule has 17 heavy (non-hydrogen) atoms. The van der Waals surface area contributed by atoms with E-state index < -0.39 is 5.79 Å². The number of hydrogen-bond donors (Lipinski definition) is 0. The molecule has 4 nitrogen and oxygen atoms in total. The average Bonchev–Trinajstić information content (AvgIpc) is 2.73. The quantitative estimate of drug-likeness (QED) is 0.615. The summed E-state index contributed by atoms with van der Waals surface area (Å²) in [6.45, 7) is 2.19. The van der Waals surface area contributed by atoms with Gasteiger partial charge < -0.3 is 18.9 Å². The van der Waals surface area contributed by atoms with Gasteiger partial charge in [0, 0.05) is 26.7 Å². The molecule has 1 aliphatic rings. The molecule has 1 aliphatic heterocycles. The van der Waals surface area contributed by atoms with Gasteiger partial charge in [0.05, 0.1) is 7.11 Å². The first-order valence-corrected chi connectivity index (χ1v) is 6.24. The second kappa shape index (κ2) is 6.99. The Bertz CT molecular complexity index is 252. The third kappa shape index (κ3) is 3.44. The van der Waals surface area contributed by atoms with Gasteiger partial charge in [-0.25, -0.2) is 0 Å². The molecule has 0 aromatic heterocycles. The first-order chi connectivity index (χ1) is 8.22. The van der Waals surface area contributed by atoms with Crippen LogP contribution < -0.4 is 0 Å². The fourth-order valence-electron chi connectivity index (χ4n) is 2.09. The third-order valence-electron chi connectivity index (χ3n) is 3.11. The maximum atomic E-state index is 5.77. The second-order valence-electron chi connectivity index (χ2n) is 4.22. The molecule has 0 aliphatic carbocycles. The van der Waals surface area contributed by atoms with Crippen LogP contribution in [-0.2, 0) is 18.9 Å². The standard InChI is InChI=1S/C13H24O4/c1-5-6-7-8-9-13(16-4)11(14-2)10-12(15-3)17-13/h10,12H,5-9H2,1-4H3. The Labute approximate surface area is 104 Å². The van der Waals surface area contributed by atoms with Crippen molar-refractivity contribution in [3.63, 3.8) is 0 Å². The van der Waals surface area contributed by atoms with Crippen molar-refractivity contribution in [2.24, 2.45) is 0 Å². The fourth-order valence-corrected chi connectivity index (χ4v) is 2.09. The molecule has 0 spiro atoms. The van der Waals surface area contributed by atoms with Crippen LogP contribution in [0.4, 0.5) is 0 Å². The van der Waals surface area contributed by atoms with E-state index in [9.17, 15) is 0 Å². The highest BCUT2D eigenvalue weighted by Gasteiger charge is 2.44. The van der Waals surface area contributed by atoms with Gasteiger partial charge in [-0.3, -0.25) is 0 Å². The summed E-state index contributed by atoms with van der Waals surface area (Å²) in [7, 11) is 4.88. The first kappa shape index (κ1) is 14.5. The molecule has 0 aromatic rings. The minimum Gasteiger partial charge on any atom is -0.496 e. The predicted octanol–water partition coefficient (Wildman–Crippen LogP) is 2.83. The summed E-state index contributed by atoms with van der Waals surface area (Å²) in [6.07, 6.45) is 6.93. The lowest BCUT2D eigenvalue weighted by atomic mass is 10.1. The van der Waals surface area contributed by atoms with E-state index in [4.69, 9.17) is 18.9 Å². The maximum Gasteiger partial charge on any atom is 0.229 e. The Morgan fingerprint density at radius 2 is 2.00 bits per heavy atom. The van der Waals surface area contributed by atoms with Gasteiger partial charge in [-0.15, -0.1) is 0 Å². The van der Waals surface area contributed by atoms with Crippen molar-refractivity contribution in [3.8, 4) is 0 Å². The lowest BCUT2D eigenvalue weighted by Gasteiger charge is -2.29. The zero-order valence-corrected chi connectivity index (χ0v) is 11.3. The summed E-state index contributed by atoms with van der Waals surface area (Å²) >= 11 is 0. The summed E-state index contributed by atoms with van der Waals surface area (Å²) in [6, 6.07) is 0. The predicted molar refractivity (Wildman–Crippen MR) is 65.5 cm³/mol. The SMILES string of the molecule is CCCCCCC1(OC)OC(OC)C=C1OC. The van der Waals surface area contributed by atoms with E-state index in [1.807, 2.05) is 6.08 Å². The molecule has 4 heteroatoms. The zero-order chi connectivity index (χ0) is 12.7. The highest BCUT2D eigenvalue weighted by molar-refractivity contribution is 5.13. The molecule has 1 heterocycles. The Kier molecular flexibility index (Phi) is 5.95. The molecule has 2 atom stereocenters. The fraction of sp³-hybridized carbons (Fsp3) is 0.846. The normalized spacial score (nSPS) is 28.2. The molecule has 100 valence electrons. The smallest absolute Gasteiger partial charge is 0.229 e. The van der Waals surface area contributed by atoms with E-state index in [-0.39, 0.29) is 6.29 Å². The van der Waals surface area contributed by atoms with Gasteiger partial charge in [-0.2, -0.15) is 0 Å². The maximum absolute atomic E-state index is 5.77. The summed E-state index contributed by atoms with van der Waals surface area (Å²) in [5, 5.41) is 0. The van der Waals surface area contributed by atoms with Crippen molar-refractivity contribution >= 4 is 0 Å². The molecule has 0 bridgehead atoms. The Morgan fingerprint density at radius 3 is 2.53 bits per heavy atom. The molecule has 1 rings (SSSR count). The molecule has 0 fully saturated rings. The van der Waals surface area contributed by atoms with E-state index in [1.165, 1.54) is 19.3 Å². The Balaban J connectivity index is 2.58. The van der Waals surface area contributed by atoms with Gasteiger partial charge in [-0.1, -0.05) is 26.2 Å². The van der Waals surface area contributed by atoms with Crippen molar-refractivity contribution < 1.29 is 18.9 Å². The van der Waals surface area contributed by atoms with Crippen molar-refractivity contribution in [2.45, 2.75) is 51.1 Å². The molecular formula is C13H24O4. The van der Waals surface area contributed by atoms with Gasteiger partial charge in [0.25, 0.3) is 0 Å². The number of methoxy groups -OCH3 is 3. The van der Waals surface area contributed by atoms with Crippen LogP contribution in [-0.4, -0.2) is 33.4 Å². The van der Waals surface area contributed by atoms with Crippen LogP contribution in [0.25, 0.3) is 0 Å². The van der Waals surface area contributed by atoms with E-state index >= 15 is 0 Å². The summed E-state index contributed by atoms with van der Waals surface area (Å²) < 4.78 is 21.8. The largest absolute Gasteiger partial charge is 0.496 e. The number of hydrogen-bond acceptors (Lipinski definition) is 4. The summed E-state index contributed by atoms with van der Waals surface area (Å²) in [5.74, 6) is -0.0493. The molecule has 0 aromatic carbocycles. The Morgan fingerprint density at radius 1 is 1.24 bits per heavy atom. The minimum atomic E-state index is -0.761.